The summed E-state index contributed by atoms with van der Waals surface area (Å²) in [5.74, 6) is 0.833. The van der Waals surface area contributed by atoms with E-state index >= 15 is 0 Å². The van der Waals surface area contributed by atoms with Gasteiger partial charge in [0.1, 0.15) is 0 Å². The zero-order valence-corrected chi connectivity index (χ0v) is 21.5. The average Bonchev–Trinajstić information content (AvgIpc) is 2.74. The first kappa shape index (κ1) is 30.7. The molecule has 2 aromatic rings. The molecule has 0 fully saturated rings. The van der Waals surface area contributed by atoms with Crippen LogP contribution in [0.3, 0.4) is 0 Å². The number of halogens is 2. The van der Waals surface area contributed by atoms with E-state index in [1.165, 1.54) is 6.08 Å². The summed E-state index contributed by atoms with van der Waals surface area (Å²) in [6.07, 6.45) is 5.22. The van der Waals surface area contributed by atoms with Crippen LogP contribution >= 0.6 is 12.6 Å². The SMILES string of the molecule is C/C=C/C(F)F.CC(C)C.CN(C)C/C(NC=NCCN)=C(/S)c1ccc2cnccc2c1. The van der Waals surface area contributed by atoms with Gasteiger partial charge in [0, 0.05) is 41.5 Å². The molecule has 0 atom stereocenters. The molecule has 2 rings (SSSR count). The minimum Gasteiger partial charge on any atom is -0.348 e. The monoisotopic (exact) mass is 479 g/mol. The van der Waals surface area contributed by atoms with E-state index in [1.54, 1.807) is 19.5 Å². The number of pyridine rings is 1. The van der Waals surface area contributed by atoms with E-state index in [1.807, 2.05) is 26.4 Å². The fourth-order valence-electron chi connectivity index (χ4n) is 2.32. The number of nitrogens with one attached hydrogen (secondary N) is 1. The van der Waals surface area contributed by atoms with E-state index in [0.29, 0.717) is 13.1 Å². The lowest BCUT2D eigenvalue weighted by Crippen LogP contribution is -2.24. The number of hydrogen-bond acceptors (Lipinski definition) is 5. The molecule has 0 aliphatic rings. The Labute approximate surface area is 203 Å². The second-order valence-electron chi connectivity index (χ2n) is 8.06. The van der Waals surface area contributed by atoms with E-state index in [2.05, 4.69) is 59.2 Å². The summed E-state index contributed by atoms with van der Waals surface area (Å²) in [7, 11) is 4.04. The summed E-state index contributed by atoms with van der Waals surface area (Å²) in [4.78, 5) is 11.3. The lowest BCUT2D eigenvalue weighted by atomic mass is 10.1. The molecule has 184 valence electrons. The summed E-state index contributed by atoms with van der Waals surface area (Å²) >= 11 is 4.73. The number of thiol groups is 1. The van der Waals surface area contributed by atoms with Crippen LogP contribution in [-0.2, 0) is 0 Å². The second kappa shape index (κ2) is 18.2. The lowest BCUT2D eigenvalue weighted by Gasteiger charge is -2.16. The lowest BCUT2D eigenvalue weighted by molar-refractivity contribution is 0.204. The predicted octanol–water partition coefficient (Wildman–Crippen LogP) is 5.46. The number of benzene rings is 1. The Bertz CT molecular complexity index is 877. The highest BCUT2D eigenvalue weighted by Crippen LogP contribution is 2.25. The van der Waals surface area contributed by atoms with E-state index < -0.39 is 6.43 Å². The van der Waals surface area contributed by atoms with Gasteiger partial charge in [-0.2, -0.15) is 0 Å². The number of aromatic nitrogens is 1. The van der Waals surface area contributed by atoms with Gasteiger partial charge in [-0.15, -0.1) is 12.6 Å². The molecule has 1 aromatic carbocycles. The van der Waals surface area contributed by atoms with Crippen molar-refractivity contribution >= 4 is 34.6 Å². The van der Waals surface area contributed by atoms with Gasteiger partial charge in [-0.3, -0.25) is 9.98 Å². The maximum Gasteiger partial charge on any atom is 0.257 e. The van der Waals surface area contributed by atoms with Gasteiger partial charge in [0.15, 0.2) is 0 Å². The molecule has 0 amide bonds. The van der Waals surface area contributed by atoms with Crippen molar-refractivity contribution in [2.24, 2.45) is 16.6 Å². The van der Waals surface area contributed by atoms with E-state index in [-0.39, 0.29) is 0 Å². The Balaban J connectivity index is 0.000000860. The van der Waals surface area contributed by atoms with Crippen LogP contribution in [0.25, 0.3) is 15.7 Å². The highest BCUT2D eigenvalue weighted by molar-refractivity contribution is 7.90. The topological polar surface area (TPSA) is 66.5 Å². The molecule has 0 radical (unpaired) electrons. The number of hydrogen-bond donors (Lipinski definition) is 3. The number of fused-ring (bicyclic) bond motifs is 1. The van der Waals surface area contributed by atoms with Crippen molar-refractivity contribution in [1.29, 1.82) is 0 Å². The molecule has 0 saturated heterocycles. The Morgan fingerprint density at radius 1 is 1.21 bits per heavy atom. The number of aliphatic imine (C=N–C) groups is 1. The van der Waals surface area contributed by atoms with Gasteiger partial charge in [-0.25, -0.2) is 8.78 Å². The second-order valence-corrected chi connectivity index (χ2v) is 8.51. The van der Waals surface area contributed by atoms with E-state index in [4.69, 9.17) is 18.4 Å². The highest BCUT2D eigenvalue weighted by Gasteiger charge is 2.07. The smallest absolute Gasteiger partial charge is 0.257 e. The summed E-state index contributed by atoms with van der Waals surface area (Å²) in [5, 5.41) is 5.49. The number of alkyl halides is 2. The summed E-state index contributed by atoms with van der Waals surface area (Å²) in [6, 6.07) is 8.24. The van der Waals surface area contributed by atoms with Gasteiger partial charge >= 0.3 is 0 Å². The van der Waals surface area contributed by atoms with Gasteiger partial charge in [-0.1, -0.05) is 39.0 Å². The number of nitrogens with two attached hydrogens (primary N) is 1. The molecule has 8 heteroatoms. The van der Waals surface area contributed by atoms with Gasteiger partial charge in [-0.05, 0) is 56.1 Å². The van der Waals surface area contributed by atoms with Crippen LogP contribution in [0.5, 0.6) is 0 Å². The standard InChI is InChI=1S/C17H23N5S.C4H6F2.C4H10/c1-22(2)11-16(21-12-20-8-6-18)17(23)14-3-4-15-10-19-7-5-13(15)9-14;1-2-3-4(5)6;1-4(2)3/h3-5,7,9-10,12,23H,6,8,11,18H2,1-2H3,(H,20,21);2-4H,1H3;4H,1-3H3/b17-16-;3-2+;. The third-order valence-corrected chi connectivity index (χ3v) is 4.13. The van der Waals surface area contributed by atoms with Crippen molar-refractivity contribution < 1.29 is 8.78 Å². The summed E-state index contributed by atoms with van der Waals surface area (Å²) in [5.41, 5.74) is 7.50. The molecular weight excluding hydrogens is 440 g/mol. The van der Waals surface area contributed by atoms with Crippen molar-refractivity contribution in [3.63, 3.8) is 0 Å². The largest absolute Gasteiger partial charge is 0.348 e. The average molecular weight is 480 g/mol. The van der Waals surface area contributed by atoms with Crippen LogP contribution in [0.15, 0.2) is 59.5 Å². The summed E-state index contributed by atoms with van der Waals surface area (Å²) < 4.78 is 21.9. The van der Waals surface area contributed by atoms with Crippen LogP contribution in [0.4, 0.5) is 8.78 Å². The quantitative estimate of drug-likeness (QED) is 0.204. The molecule has 3 N–H and O–H groups in total. The molecule has 0 spiro atoms. The number of likely N-dealkylation sites (N-methyl/N-ethyl adjacent to an activating group) is 1. The maximum absolute atomic E-state index is 10.9. The van der Waals surface area contributed by atoms with Crippen molar-refractivity contribution in [2.75, 3.05) is 33.7 Å². The third kappa shape index (κ3) is 15.2. The van der Waals surface area contributed by atoms with Gasteiger partial charge in [0.05, 0.1) is 12.9 Å². The zero-order chi connectivity index (χ0) is 25.2. The van der Waals surface area contributed by atoms with Crippen molar-refractivity contribution in [2.45, 2.75) is 34.1 Å². The maximum atomic E-state index is 10.9. The zero-order valence-electron chi connectivity index (χ0n) is 20.6. The Kier molecular flexibility index (Phi) is 16.9. The molecule has 0 bridgehead atoms. The van der Waals surface area contributed by atoms with Gasteiger partial charge in [0.25, 0.3) is 6.43 Å². The predicted molar refractivity (Wildman–Crippen MR) is 143 cm³/mol. The fourth-order valence-corrected chi connectivity index (χ4v) is 2.59. The molecule has 0 aliphatic heterocycles. The summed E-state index contributed by atoms with van der Waals surface area (Å²) in [6.45, 7) is 9.94. The molecule has 1 aromatic heterocycles. The number of rotatable bonds is 8. The molecule has 5 nitrogen and oxygen atoms in total. The third-order valence-electron chi connectivity index (χ3n) is 3.60. The Morgan fingerprint density at radius 3 is 2.39 bits per heavy atom. The van der Waals surface area contributed by atoms with Crippen LogP contribution in [0.1, 0.15) is 33.3 Å². The van der Waals surface area contributed by atoms with E-state index in [0.717, 1.165) is 45.5 Å². The first-order chi connectivity index (χ1) is 15.6. The van der Waals surface area contributed by atoms with Crippen LogP contribution in [0, 0.1) is 5.92 Å². The van der Waals surface area contributed by atoms with Crippen LogP contribution in [0.2, 0.25) is 0 Å². The van der Waals surface area contributed by atoms with Crippen molar-refractivity contribution in [1.82, 2.24) is 15.2 Å². The van der Waals surface area contributed by atoms with Crippen molar-refractivity contribution in [3.8, 4) is 0 Å². The van der Waals surface area contributed by atoms with E-state index in [9.17, 15) is 8.78 Å². The van der Waals surface area contributed by atoms with Gasteiger partial charge < -0.3 is 16.0 Å². The van der Waals surface area contributed by atoms with Crippen molar-refractivity contribution in [3.05, 3.63) is 60.1 Å². The molecule has 0 unspecified atom stereocenters. The fraction of sp³-hybridized carbons (Fsp3) is 0.440. The molecule has 1 heterocycles. The molecule has 0 aliphatic carbocycles. The first-order valence-corrected chi connectivity index (χ1v) is 11.3. The molecular formula is C25H39F2N5S. The first-order valence-electron chi connectivity index (χ1n) is 10.9. The number of nitrogens with zero attached hydrogens (tertiary/aromatic N) is 3. The van der Waals surface area contributed by atoms with Crippen LogP contribution < -0.4 is 11.1 Å². The Morgan fingerprint density at radius 2 is 1.88 bits per heavy atom. The Hall–Kier alpha value is -2.29. The van der Waals surface area contributed by atoms with Gasteiger partial charge in [0.2, 0.25) is 0 Å². The normalized spacial score (nSPS) is 12.2. The minimum atomic E-state index is -2.28. The minimum absolute atomic E-state index is 0.539. The van der Waals surface area contributed by atoms with Crippen LogP contribution in [-0.4, -0.2) is 56.4 Å². The number of allylic oxidation sites excluding steroid dienone is 2. The highest BCUT2D eigenvalue weighted by atomic mass is 32.1. The molecule has 33 heavy (non-hydrogen) atoms. The molecule has 0 saturated carbocycles.